The Morgan fingerprint density at radius 3 is 1.42 bits per heavy atom. The van der Waals surface area contributed by atoms with Crippen molar-refractivity contribution >= 4 is 58.2 Å². The summed E-state index contributed by atoms with van der Waals surface area (Å²) in [6.45, 7) is 0. The summed E-state index contributed by atoms with van der Waals surface area (Å²) in [5, 5.41) is 8.81. The molecule has 118 valence electrons. The zero-order valence-corrected chi connectivity index (χ0v) is 16.0. The Balaban J connectivity index is 1.79. The van der Waals surface area contributed by atoms with Gasteiger partial charge in [0.1, 0.15) is 0 Å². The number of fused-ring (bicyclic) bond motifs is 2. The van der Waals surface area contributed by atoms with Crippen molar-refractivity contribution in [1.29, 1.82) is 0 Å². The molecule has 2 unspecified atom stereocenters. The van der Waals surface area contributed by atoms with Gasteiger partial charge in [-0.25, -0.2) is 0 Å². The fourth-order valence-electron chi connectivity index (χ4n) is 3.63. The van der Waals surface area contributed by atoms with Crippen LogP contribution in [0.4, 0.5) is 0 Å². The smallest absolute Gasteiger partial charge is 0.0531 e. The molecule has 4 aliphatic rings. The maximum absolute atomic E-state index is 2.39. The third-order valence-electron chi connectivity index (χ3n) is 4.56. The summed E-state index contributed by atoms with van der Waals surface area (Å²) in [6.07, 6.45) is 9.20. The molecule has 2 heterocycles. The first kappa shape index (κ1) is 15.3. The molecule has 0 amide bonds. The number of hydrogen-bond donors (Lipinski definition) is 0. The van der Waals surface area contributed by atoms with Gasteiger partial charge in [0.15, 0.2) is 0 Å². The average Bonchev–Trinajstić information content (AvgIpc) is 3.33. The predicted octanol–water partition coefficient (Wildman–Crippen LogP) is 7.30. The molecule has 0 fully saturated rings. The van der Waals surface area contributed by atoms with Gasteiger partial charge in [0, 0.05) is 11.8 Å². The minimum Gasteiger partial charge on any atom is -0.0898 e. The lowest BCUT2D eigenvalue weighted by Crippen LogP contribution is -2.23. The molecule has 2 atom stereocenters. The Bertz CT molecular complexity index is 790. The molecule has 5 rings (SSSR count). The van der Waals surface area contributed by atoms with Crippen LogP contribution in [0.5, 0.6) is 0 Å². The monoisotopic (exact) mass is 382 g/mol. The fraction of sp³-hybridized carbons (Fsp3) is 0.100. The zero-order valence-electron chi connectivity index (χ0n) is 12.7. The van der Waals surface area contributed by atoms with Crippen LogP contribution >= 0.6 is 47.0 Å². The van der Waals surface area contributed by atoms with Crippen molar-refractivity contribution in [2.75, 3.05) is 0 Å². The van der Waals surface area contributed by atoms with Crippen LogP contribution in [-0.2, 0) is 0 Å². The standard InChI is InChI=1S/C20H14S4/c1-2-6-14-13(5-1)17(19-21-9-10-22-19)15-7-3-4-8-16(15)18(14)20-23-11-12-24-20/h1-14H. The Morgan fingerprint density at radius 1 is 0.583 bits per heavy atom. The lowest BCUT2D eigenvalue weighted by Gasteiger charge is -2.37. The molecule has 0 bridgehead atoms. The van der Waals surface area contributed by atoms with Crippen molar-refractivity contribution in [3.05, 3.63) is 89.8 Å². The first-order chi connectivity index (χ1) is 11.9. The minimum absolute atomic E-state index is 0.434. The van der Waals surface area contributed by atoms with E-state index >= 15 is 0 Å². The van der Waals surface area contributed by atoms with Gasteiger partial charge in [-0.2, -0.15) is 0 Å². The first-order valence-corrected chi connectivity index (χ1v) is 11.3. The number of benzene rings is 1. The van der Waals surface area contributed by atoms with E-state index in [9.17, 15) is 0 Å². The van der Waals surface area contributed by atoms with E-state index in [-0.39, 0.29) is 0 Å². The van der Waals surface area contributed by atoms with Crippen LogP contribution < -0.4 is 0 Å². The van der Waals surface area contributed by atoms with E-state index in [0.717, 1.165) is 0 Å². The van der Waals surface area contributed by atoms with Gasteiger partial charge in [0.2, 0.25) is 0 Å². The summed E-state index contributed by atoms with van der Waals surface area (Å²) in [4.78, 5) is 0. The van der Waals surface area contributed by atoms with Gasteiger partial charge in [-0.05, 0) is 43.9 Å². The summed E-state index contributed by atoms with van der Waals surface area (Å²) < 4.78 is 2.87. The van der Waals surface area contributed by atoms with Crippen molar-refractivity contribution in [3.63, 3.8) is 0 Å². The maximum atomic E-state index is 2.39. The first-order valence-electron chi connectivity index (χ1n) is 7.83. The number of hydrogen-bond acceptors (Lipinski definition) is 4. The lowest BCUT2D eigenvalue weighted by molar-refractivity contribution is 0.689. The van der Waals surface area contributed by atoms with E-state index in [1.165, 1.54) is 30.7 Å². The highest BCUT2D eigenvalue weighted by Gasteiger charge is 2.38. The highest BCUT2D eigenvalue weighted by molar-refractivity contribution is 8.28. The molecule has 0 N–H and O–H groups in total. The quantitative estimate of drug-likeness (QED) is 0.461. The topological polar surface area (TPSA) is 0 Å². The van der Waals surface area contributed by atoms with Crippen molar-refractivity contribution < 1.29 is 0 Å². The van der Waals surface area contributed by atoms with Gasteiger partial charge in [0.05, 0.1) is 8.47 Å². The molecular formula is C20H14S4. The van der Waals surface area contributed by atoms with Crippen molar-refractivity contribution in [3.8, 4) is 0 Å². The molecule has 0 saturated carbocycles. The molecule has 1 aromatic carbocycles. The molecule has 2 aliphatic heterocycles. The molecular weight excluding hydrogens is 368 g/mol. The van der Waals surface area contributed by atoms with E-state index in [1.54, 1.807) is 0 Å². The largest absolute Gasteiger partial charge is 0.0898 e. The highest BCUT2D eigenvalue weighted by Crippen LogP contribution is 2.57. The number of rotatable bonds is 0. The molecule has 4 heteroatoms. The van der Waals surface area contributed by atoms with Crippen molar-refractivity contribution in [1.82, 2.24) is 0 Å². The molecule has 2 aliphatic carbocycles. The third kappa shape index (κ3) is 2.43. The summed E-state index contributed by atoms with van der Waals surface area (Å²) >= 11 is 7.47. The summed E-state index contributed by atoms with van der Waals surface area (Å²) in [6, 6.07) is 8.96. The SMILES string of the molecule is C1=CC2C(=C3SC=CS3)c3ccccc3C(=C3SC=CS3)C2C=C1. The second kappa shape index (κ2) is 6.41. The van der Waals surface area contributed by atoms with E-state index in [2.05, 4.69) is 70.2 Å². The van der Waals surface area contributed by atoms with Crippen molar-refractivity contribution in [2.45, 2.75) is 0 Å². The Labute approximate surface area is 159 Å². The third-order valence-corrected chi connectivity index (χ3v) is 8.88. The van der Waals surface area contributed by atoms with Crippen LogP contribution in [0, 0.1) is 11.8 Å². The van der Waals surface area contributed by atoms with Crippen LogP contribution in [0.3, 0.4) is 0 Å². The number of thioether (sulfide) groups is 4. The minimum atomic E-state index is 0.434. The van der Waals surface area contributed by atoms with Crippen molar-refractivity contribution in [2.24, 2.45) is 11.8 Å². The van der Waals surface area contributed by atoms with Gasteiger partial charge in [-0.15, -0.1) is 0 Å². The van der Waals surface area contributed by atoms with Crippen LogP contribution in [-0.4, -0.2) is 0 Å². The lowest BCUT2D eigenvalue weighted by atomic mass is 9.69. The van der Waals surface area contributed by atoms with Gasteiger partial charge < -0.3 is 0 Å². The number of allylic oxidation sites excluding steroid dienone is 6. The van der Waals surface area contributed by atoms with E-state index < -0.39 is 0 Å². The second-order valence-corrected chi connectivity index (χ2v) is 9.97. The normalized spacial score (nSPS) is 27.2. The van der Waals surface area contributed by atoms with Crippen LogP contribution in [0.2, 0.25) is 0 Å². The van der Waals surface area contributed by atoms with Crippen LogP contribution in [0.25, 0.3) is 11.1 Å². The molecule has 0 radical (unpaired) electrons. The highest BCUT2D eigenvalue weighted by atomic mass is 32.2. The Hall–Kier alpha value is -0.940. The molecule has 24 heavy (non-hydrogen) atoms. The Morgan fingerprint density at radius 2 is 1.00 bits per heavy atom. The van der Waals surface area contributed by atoms with E-state index in [1.807, 2.05) is 47.0 Å². The molecule has 1 aromatic rings. The molecule has 0 aromatic heterocycles. The van der Waals surface area contributed by atoms with Crippen LogP contribution in [0.15, 0.2) is 78.7 Å². The van der Waals surface area contributed by atoms with Gasteiger partial charge in [-0.3, -0.25) is 0 Å². The molecule has 0 saturated heterocycles. The molecule has 0 nitrogen and oxygen atoms in total. The fourth-order valence-corrected chi connectivity index (χ4v) is 7.62. The van der Waals surface area contributed by atoms with Gasteiger partial charge in [0.25, 0.3) is 0 Å². The van der Waals surface area contributed by atoms with Gasteiger partial charge in [-0.1, -0.05) is 95.6 Å². The van der Waals surface area contributed by atoms with Crippen LogP contribution in [0.1, 0.15) is 11.1 Å². The summed E-state index contributed by atoms with van der Waals surface area (Å²) in [5.41, 5.74) is 5.82. The average molecular weight is 383 g/mol. The second-order valence-electron chi connectivity index (χ2n) is 5.78. The van der Waals surface area contributed by atoms with E-state index in [4.69, 9.17) is 0 Å². The predicted molar refractivity (Wildman–Crippen MR) is 114 cm³/mol. The van der Waals surface area contributed by atoms with E-state index in [0.29, 0.717) is 11.8 Å². The Kier molecular flexibility index (Phi) is 4.10. The summed E-state index contributed by atoms with van der Waals surface area (Å²) in [7, 11) is 0. The van der Waals surface area contributed by atoms with Gasteiger partial charge >= 0.3 is 0 Å². The summed E-state index contributed by atoms with van der Waals surface area (Å²) in [5.74, 6) is 0.869. The maximum Gasteiger partial charge on any atom is 0.0531 e. The molecule has 0 spiro atoms. The zero-order chi connectivity index (χ0) is 15.9.